The maximum absolute atomic E-state index is 13.5. The Hall–Kier alpha value is -0.220. The molecule has 0 saturated heterocycles. The number of halogens is 2. The summed E-state index contributed by atoms with van der Waals surface area (Å²) in [4.78, 5) is 0. The lowest BCUT2D eigenvalue weighted by Gasteiger charge is -2.35. The summed E-state index contributed by atoms with van der Waals surface area (Å²) in [5.41, 5.74) is 0. The Labute approximate surface area is 109 Å². The second kappa shape index (κ2) is 7.39. The molecule has 1 saturated carbocycles. The molecule has 18 heavy (non-hydrogen) atoms. The Morgan fingerprint density at radius 1 is 1.39 bits per heavy atom. The maximum Gasteiger partial charge on any atom is 0.248 e. The van der Waals surface area contributed by atoms with E-state index in [4.69, 9.17) is 4.74 Å². The number of nitrogens with one attached hydrogen (secondary N) is 1. The normalized spacial score (nSPS) is 25.3. The van der Waals surface area contributed by atoms with E-state index in [-0.39, 0.29) is 30.9 Å². The molecule has 1 aliphatic carbocycles. The second-order valence-electron chi connectivity index (χ2n) is 5.66. The fourth-order valence-electron chi connectivity index (χ4n) is 2.54. The molecule has 0 spiro atoms. The summed E-state index contributed by atoms with van der Waals surface area (Å²) in [5.74, 6) is -2.44. The quantitative estimate of drug-likeness (QED) is 0.757. The number of hydrogen-bond acceptors (Lipinski definition) is 2. The van der Waals surface area contributed by atoms with Gasteiger partial charge in [0, 0.05) is 18.9 Å². The van der Waals surface area contributed by atoms with Crippen LogP contribution in [0.5, 0.6) is 0 Å². The number of rotatable bonds is 7. The summed E-state index contributed by atoms with van der Waals surface area (Å²) >= 11 is 0. The third-order valence-corrected chi connectivity index (χ3v) is 3.51. The van der Waals surface area contributed by atoms with Gasteiger partial charge in [0.05, 0.1) is 12.7 Å². The summed E-state index contributed by atoms with van der Waals surface area (Å²) in [5, 5.41) is 3.37. The maximum atomic E-state index is 13.5. The van der Waals surface area contributed by atoms with Gasteiger partial charge in [-0.2, -0.15) is 0 Å². The minimum absolute atomic E-state index is 0.00976. The first kappa shape index (κ1) is 15.8. The third-order valence-electron chi connectivity index (χ3n) is 3.51. The van der Waals surface area contributed by atoms with E-state index < -0.39 is 5.92 Å². The molecular formula is C14H27F2NO. The van der Waals surface area contributed by atoms with E-state index in [9.17, 15) is 8.78 Å². The van der Waals surface area contributed by atoms with Gasteiger partial charge in [0.1, 0.15) is 0 Å². The molecule has 1 aliphatic rings. The minimum Gasteiger partial charge on any atom is -0.377 e. The van der Waals surface area contributed by atoms with Crippen LogP contribution in [-0.4, -0.2) is 31.2 Å². The molecule has 0 aromatic carbocycles. The van der Waals surface area contributed by atoms with Crippen molar-refractivity contribution in [3.63, 3.8) is 0 Å². The Bertz CT molecular complexity index is 234. The van der Waals surface area contributed by atoms with Crippen molar-refractivity contribution in [2.75, 3.05) is 13.2 Å². The molecule has 2 atom stereocenters. The third kappa shape index (κ3) is 5.61. The van der Waals surface area contributed by atoms with Crippen molar-refractivity contribution in [1.82, 2.24) is 5.32 Å². The van der Waals surface area contributed by atoms with Gasteiger partial charge in [0.15, 0.2) is 0 Å². The molecule has 0 aliphatic heterocycles. The lowest BCUT2D eigenvalue weighted by molar-refractivity contribution is -0.0654. The molecule has 2 nitrogen and oxygen atoms in total. The highest BCUT2D eigenvalue weighted by molar-refractivity contribution is 4.86. The van der Waals surface area contributed by atoms with E-state index in [1.54, 1.807) is 0 Å². The molecule has 0 amide bonds. The second-order valence-corrected chi connectivity index (χ2v) is 5.66. The van der Waals surface area contributed by atoms with Gasteiger partial charge >= 0.3 is 0 Å². The molecule has 1 N–H and O–H groups in total. The zero-order chi connectivity index (χ0) is 13.6. The van der Waals surface area contributed by atoms with E-state index in [0.29, 0.717) is 13.0 Å². The average Bonchev–Trinajstić information content (AvgIpc) is 2.27. The topological polar surface area (TPSA) is 21.3 Å². The van der Waals surface area contributed by atoms with E-state index in [0.717, 1.165) is 19.4 Å². The van der Waals surface area contributed by atoms with E-state index in [1.807, 2.05) is 13.8 Å². The molecule has 0 bridgehead atoms. The predicted molar refractivity (Wildman–Crippen MR) is 70.1 cm³/mol. The molecule has 1 rings (SSSR count). The van der Waals surface area contributed by atoms with Crippen LogP contribution >= 0.6 is 0 Å². The summed E-state index contributed by atoms with van der Waals surface area (Å²) in [6.45, 7) is 7.45. The highest BCUT2D eigenvalue weighted by atomic mass is 19.3. The molecule has 0 radical (unpaired) electrons. The lowest BCUT2D eigenvalue weighted by Crippen LogP contribution is -2.44. The first-order chi connectivity index (χ1) is 8.44. The SMILES string of the molecule is CCCNC(COC(C)C)C1CCCC(F)(F)C1. The lowest BCUT2D eigenvalue weighted by atomic mass is 9.82. The monoisotopic (exact) mass is 263 g/mol. The van der Waals surface area contributed by atoms with Crippen molar-refractivity contribution in [3.05, 3.63) is 0 Å². The summed E-state index contributed by atoms with van der Waals surface area (Å²) < 4.78 is 32.5. The van der Waals surface area contributed by atoms with Crippen LogP contribution in [0.25, 0.3) is 0 Å². The first-order valence-corrected chi connectivity index (χ1v) is 7.17. The van der Waals surface area contributed by atoms with E-state index in [1.165, 1.54) is 0 Å². The fraction of sp³-hybridized carbons (Fsp3) is 1.00. The van der Waals surface area contributed by atoms with Gasteiger partial charge in [-0.05, 0) is 45.6 Å². The van der Waals surface area contributed by atoms with Crippen LogP contribution < -0.4 is 5.32 Å². The molecule has 4 heteroatoms. The van der Waals surface area contributed by atoms with Crippen LogP contribution in [0.1, 0.15) is 52.9 Å². The van der Waals surface area contributed by atoms with Crippen LogP contribution in [0.15, 0.2) is 0 Å². The summed E-state index contributed by atoms with van der Waals surface area (Å²) in [6, 6.07) is 0.0681. The zero-order valence-electron chi connectivity index (χ0n) is 11.8. The molecule has 108 valence electrons. The van der Waals surface area contributed by atoms with Gasteiger partial charge in [-0.1, -0.05) is 6.92 Å². The van der Waals surface area contributed by atoms with Gasteiger partial charge in [0.2, 0.25) is 5.92 Å². The fourth-order valence-corrected chi connectivity index (χ4v) is 2.54. The number of hydrogen-bond donors (Lipinski definition) is 1. The average molecular weight is 263 g/mol. The summed E-state index contributed by atoms with van der Waals surface area (Å²) in [6.07, 6.45) is 2.74. The van der Waals surface area contributed by atoms with Crippen molar-refractivity contribution in [3.8, 4) is 0 Å². The van der Waals surface area contributed by atoms with Crippen molar-refractivity contribution < 1.29 is 13.5 Å². The first-order valence-electron chi connectivity index (χ1n) is 7.17. The van der Waals surface area contributed by atoms with Crippen LogP contribution in [-0.2, 0) is 4.74 Å². The Balaban J connectivity index is 2.51. The highest BCUT2D eigenvalue weighted by Gasteiger charge is 2.39. The Kier molecular flexibility index (Phi) is 6.50. The van der Waals surface area contributed by atoms with Crippen molar-refractivity contribution >= 4 is 0 Å². The molecule has 0 aromatic rings. The molecule has 0 aromatic heterocycles. The Morgan fingerprint density at radius 3 is 2.67 bits per heavy atom. The Morgan fingerprint density at radius 2 is 2.11 bits per heavy atom. The van der Waals surface area contributed by atoms with E-state index >= 15 is 0 Å². The van der Waals surface area contributed by atoms with Crippen molar-refractivity contribution in [1.29, 1.82) is 0 Å². The number of ether oxygens (including phenoxy) is 1. The van der Waals surface area contributed by atoms with E-state index in [2.05, 4.69) is 12.2 Å². The smallest absolute Gasteiger partial charge is 0.248 e. The predicted octanol–water partition coefficient (Wildman–Crippen LogP) is 3.61. The van der Waals surface area contributed by atoms with Crippen LogP contribution in [0.4, 0.5) is 8.78 Å². The van der Waals surface area contributed by atoms with Gasteiger partial charge in [0.25, 0.3) is 0 Å². The largest absolute Gasteiger partial charge is 0.377 e. The van der Waals surface area contributed by atoms with Crippen molar-refractivity contribution in [2.45, 2.75) is 70.9 Å². The van der Waals surface area contributed by atoms with Gasteiger partial charge < -0.3 is 10.1 Å². The zero-order valence-corrected chi connectivity index (χ0v) is 11.8. The van der Waals surface area contributed by atoms with Crippen LogP contribution in [0.3, 0.4) is 0 Å². The summed E-state index contributed by atoms with van der Waals surface area (Å²) in [7, 11) is 0. The molecule has 2 unspecified atom stereocenters. The molecule has 0 heterocycles. The molecular weight excluding hydrogens is 236 g/mol. The molecule has 1 fully saturated rings. The van der Waals surface area contributed by atoms with Crippen LogP contribution in [0.2, 0.25) is 0 Å². The number of alkyl halides is 2. The standard InChI is InChI=1S/C14H27F2NO/c1-4-8-17-13(10-18-11(2)3)12-6-5-7-14(15,16)9-12/h11-13,17H,4-10H2,1-3H3. The van der Waals surface area contributed by atoms with Gasteiger partial charge in [-0.25, -0.2) is 8.78 Å². The minimum atomic E-state index is -2.48. The van der Waals surface area contributed by atoms with Crippen molar-refractivity contribution in [2.24, 2.45) is 5.92 Å². The van der Waals surface area contributed by atoms with Crippen LogP contribution in [0, 0.1) is 5.92 Å². The van der Waals surface area contributed by atoms with Gasteiger partial charge in [-0.3, -0.25) is 0 Å². The highest BCUT2D eigenvalue weighted by Crippen LogP contribution is 2.38. The van der Waals surface area contributed by atoms with Gasteiger partial charge in [-0.15, -0.1) is 0 Å².